The molecule has 1 aliphatic heterocycles. The number of Topliss-reactive ketones (excluding diaryl/α,β-unsaturated/α-hetero) is 1. The van der Waals surface area contributed by atoms with Crippen LogP contribution in [0, 0.1) is 16.7 Å². The van der Waals surface area contributed by atoms with Crippen LogP contribution in [0.5, 0.6) is 0 Å². The zero-order chi connectivity index (χ0) is 14.1. The molecule has 3 unspecified atom stereocenters. The van der Waals surface area contributed by atoms with Crippen molar-refractivity contribution in [2.75, 3.05) is 12.5 Å². The van der Waals surface area contributed by atoms with Gasteiger partial charge < -0.3 is 0 Å². The van der Waals surface area contributed by atoms with E-state index >= 15 is 0 Å². The summed E-state index contributed by atoms with van der Waals surface area (Å²) in [5.74, 6) is -0.199. The van der Waals surface area contributed by atoms with Crippen LogP contribution in [0.1, 0.15) is 26.2 Å². The molecule has 3 rings (SSSR count). The van der Waals surface area contributed by atoms with Crippen LogP contribution in [-0.4, -0.2) is 36.0 Å². The van der Waals surface area contributed by atoms with Gasteiger partial charge in [-0.05, 0) is 18.8 Å². The van der Waals surface area contributed by atoms with Crippen LogP contribution in [0.4, 0.5) is 0 Å². The molecular formula is C11H15Cl2NO4S. The van der Waals surface area contributed by atoms with Crippen molar-refractivity contribution in [2.24, 2.45) is 16.7 Å². The lowest BCUT2D eigenvalue weighted by Gasteiger charge is -2.40. The number of nitrogens with zero attached hydrogens (tertiary/aromatic N) is 1. The summed E-state index contributed by atoms with van der Waals surface area (Å²) in [5, 5.41) is 0. The van der Waals surface area contributed by atoms with Gasteiger partial charge in [0.25, 0.3) is 0 Å². The van der Waals surface area contributed by atoms with Gasteiger partial charge in [-0.1, -0.05) is 11.4 Å². The largest absolute Gasteiger partial charge is 0.299 e. The highest BCUT2D eigenvalue weighted by Gasteiger charge is 2.70. The molecule has 3 aliphatic rings. The maximum atomic E-state index is 12.4. The lowest BCUT2D eigenvalue weighted by atomic mass is 9.70. The van der Waals surface area contributed by atoms with Crippen molar-refractivity contribution in [2.45, 2.75) is 31.0 Å². The summed E-state index contributed by atoms with van der Waals surface area (Å²) < 4.78 is 25.2. The van der Waals surface area contributed by atoms with E-state index in [-0.39, 0.29) is 24.2 Å². The topological polar surface area (TPSA) is 66.8 Å². The Hall–Kier alpha value is 0.120. The Morgan fingerprint density at radius 3 is 2.63 bits per heavy atom. The minimum absolute atomic E-state index is 0.0250. The van der Waals surface area contributed by atoms with Crippen molar-refractivity contribution in [1.29, 1.82) is 0 Å². The fourth-order valence-corrected chi connectivity index (χ4v) is 6.34. The molecule has 0 aromatic heterocycles. The number of sulfonamides is 1. The second-order valence-electron chi connectivity index (χ2n) is 5.85. The highest BCUT2D eigenvalue weighted by Crippen LogP contribution is 2.67. The van der Waals surface area contributed by atoms with E-state index in [1.807, 2.05) is 6.92 Å². The van der Waals surface area contributed by atoms with Crippen molar-refractivity contribution >= 4 is 39.0 Å². The second-order valence-corrected chi connectivity index (χ2v) is 8.80. The molecule has 1 heterocycles. The van der Waals surface area contributed by atoms with Gasteiger partial charge in [0, 0.05) is 11.8 Å². The smallest absolute Gasteiger partial charge is 0.239 e. The third kappa shape index (κ3) is 1.73. The first kappa shape index (κ1) is 14.1. The molecule has 2 aliphatic carbocycles. The first-order chi connectivity index (χ1) is 8.74. The maximum absolute atomic E-state index is 12.4. The SMILES string of the molecule is CC1(C(Cl)Cl)C2CC[C@@]1(CS(=O)(=O)N1CO1)C(=O)C2. The molecule has 0 radical (unpaired) electrons. The van der Waals surface area contributed by atoms with Crippen LogP contribution < -0.4 is 0 Å². The Morgan fingerprint density at radius 1 is 1.53 bits per heavy atom. The van der Waals surface area contributed by atoms with Crippen molar-refractivity contribution in [3.63, 3.8) is 0 Å². The van der Waals surface area contributed by atoms with E-state index < -0.39 is 25.7 Å². The lowest BCUT2D eigenvalue weighted by molar-refractivity contribution is -0.128. The molecule has 2 bridgehead atoms. The summed E-state index contributed by atoms with van der Waals surface area (Å²) in [6, 6.07) is 0. The summed E-state index contributed by atoms with van der Waals surface area (Å²) in [5.41, 5.74) is -1.63. The van der Waals surface area contributed by atoms with Gasteiger partial charge in [-0.3, -0.25) is 9.63 Å². The van der Waals surface area contributed by atoms with Crippen LogP contribution in [-0.2, 0) is 19.7 Å². The van der Waals surface area contributed by atoms with E-state index in [1.165, 1.54) is 0 Å². The summed E-state index contributed by atoms with van der Waals surface area (Å²) in [6.07, 6.45) is 1.72. The fourth-order valence-electron chi connectivity index (χ4n) is 3.82. The fraction of sp³-hybridized carbons (Fsp3) is 0.909. The van der Waals surface area contributed by atoms with Gasteiger partial charge in [0.1, 0.15) is 10.6 Å². The van der Waals surface area contributed by atoms with Crippen LogP contribution in [0.25, 0.3) is 0 Å². The number of carbonyl (C=O) groups excluding carboxylic acids is 1. The van der Waals surface area contributed by atoms with Gasteiger partial charge in [0.2, 0.25) is 10.0 Å². The van der Waals surface area contributed by atoms with Gasteiger partial charge in [-0.15, -0.1) is 23.2 Å². The second kappa shape index (κ2) is 4.07. The number of hydrogen-bond donors (Lipinski definition) is 0. The Morgan fingerprint density at radius 2 is 2.16 bits per heavy atom. The Balaban J connectivity index is 2.02. The van der Waals surface area contributed by atoms with Gasteiger partial charge in [0.15, 0.2) is 6.73 Å². The Kier molecular flexibility index (Phi) is 3.02. The molecule has 1 saturated heterocycles. The van der Waals surface area contributed by atoms with Crippen molar-refractivity contribution in [3.8, 4) is 0 Å². The molecule has 0 amide bonds. The van der Waals surface area contributed by atoms with Crippen LogP contribution in [0.3, 0.4) is 0 Å². The van der Waals surface area contributed by atoms with Crippen LogP contribution in [0.15, 0.2) is 0 Å². The molecule has 5 nitrogen and oxygen atoms in total. The minimum atomic E-state index is -3.58. The van der Waals surface area contributed by atoms with Gasteiger partial charge in [-0.2, -0.15) is 0 Å². The predicted molar refractivity (Wildman–Crippen MR) is 70.0 cm³/mol. The van der Waals surface area contributed by atoms with E-state index in [0.717, 1.165) is 10.9 Å². The molecule has 8 heteroatoms. The molecule has 0 aromatic rings. The quantitative estimate of drug-likeness (QED) is 0.582. The predicted octanol–water partition coefficient (Wildman–Crippen LogP) is 1.70. The first-order valence-electron chi connectivity index (χ1n) is 6.19. The monoisotopic (exact) mass is 327 g/mol. The molecule has 108 valence electrons. The van der Waals surface area contributed by atoms with Gasteiger partial charge in [0.05, 0.1) is 11.2 Å². The number of ketones is 1. The number of fused-ring (bicyclic) bond motifs is 2. The lowest BCUT2D eigenvalue weighted by Crippen LogP contribution is -2.47. The molecule has 0 N–H and O–H groups in total. The zero-order valence-corrected chi connectivity index (χ0v) is 12.8. The average molecular weight is 328 g/mol. The molecule has 0 aromatic carbocycles. The Bertz CT molecular complexity index is 533. The van der Waals surface area contributed by atoms with Crippen molar-refractivity contribution in [1.82, 2.24) is 4.47 Å². The number of alkyl halides is 2. The molecule has 2 saturated carbocycles. The van der Waals surface area contributed by atoms with E-state index in [9.17, 15) is 13.2 Å². The standard InChI is InChI=1S/C11H15Cl2NO4S/c1-10(9(12)13)7-2-3-11(10,8(15)4-7)5-19(16,17)14-6-18-14/h7,9H,2-6H2,1H3/t7?,10?,11-,14?/m1/s1. The molecule has 19 heavy (non-hydrogen) atoms. The van der Waals surface area contributed by atoms with Crippen molar-refractivity contribution in [3.05, 3.63) is 0 Å². The van der Waals surface area contributed by atoms with Gasteiger partial charge >= 0.3 is 0 Å². The highest BCUT2D eigenvalue weighted by atomic mass is 35.5. The van der Waals surface area contributed by atoms with Crippen molar-refractivity contribution < 1.29 is 18.0 Å². The summed E-state index contributed by atoms with van der Waals surface area (Å²) in [7, 11) is -3.58. The minimum Gasteiger partial charge on any atom is -0.299 e. The summed E-state index contributed by atoms with van der Waals surface area (Å²) in [4.78, 5) is 16.3. The molecule has 3 fully saturated rings. The number of carbonyl (C=O) groups is 1. The average Bonchev–Trinajstić information content (AvgIpc) is 3.09. The highest BCUT2D eigenvalue weighted by molar-refractivity contribution is 7.89. The summed E-state index contributed by atoms with van der Waals surface area (Å²) >= 11 is 12.2. The van der Waals surface area contributed by atoms with Crippen LogP contribution >= 0.6 is 23.2 Å². The molecule has 4 atom stereocenters. The van der Waals surface area contributed by atoms with E-state index in [1.54, 1.807) is 0 Å². The first-order valence-corrected chi connectivity index (χ1v) is 8.67. The molecular weight excluding hydrogens is 313 g/mol. The van der Waals surface area contributed by atoms with E-state index in [2.05, 4.69) is 0 Å². The Labute approximate surface area is 122 Å². The van der Waals surface area contributed by atoms with E-state index in [4.69, 9.17) is 28.0 Å². The third-order valence-electron chi connectivity index (χ3n) is 5.19. The van der Waals surface area contributed by atoms with Gasteiger partial charge in [-0.25, -0.2) is 8.42 Å². The summed E-state index contributed by atoms with van der Waals surface area (Å²) in [6.45, 7) is 1.91. The zero-order valence-electron chi connectivity index (χ0n) is 10.4. The molecule has 0 spiro atoms. The number of halogens is 2. The number of hydroxylamine groups is 1. The maximum Gasteiger partial charge on any atom is 0.239 e. The normalized spacial score (nSPS) is 45.2. The number of hydrogen-bond acceptors (Lipinski definition) is 4. The third-order valence-corrected chi connectivity index (χ3v) is 7.79. The van der Waals surface area contributed by atoms with E-state index in [0.29, 0.717) is 12.8 Å². The number of rotatable bonds is 4. The van der Waals surface area contributed by atoms with Crippen LogP contribution in [0.2, 0.25) is 0 Å².